The number of fused-ring (bicyclic) bond motifs is 2. The number of benzene rings is 2. The predicted molar refractivity (Wildman–Crippen MR) is 86.5 cm³/mol. The first kappa shape index (κ1) is 14.2. The molecule has 2 aromatic carbocycles. The van der Waals surface area contributed by atoms with E-state index in [0.717, 1.165) is 5.39 Å². The molecule has 3 aromatic rings. The van der Waals surface area contributed by atoms with Crippen LogP contribution in [0.15, 0.2) is 54.7 Å². The van der Waals surface area contributed by atoms with E-state index in [1.54, 1.807) is 48.7 Å². The number of rotatable bonds is 1. The molecule has 0 amide bonds. The van der Waals surface area contributed by atoms with E-state index in [2.05, 4.69) is 4.98 Å². The molecular formula is C18H12ClNO3. The van der Waals surface area contributed by atoms with Crippen molar-refractivity contribution in [1.82, 2.24) is 4.98 Å². The molecule has 2 atom stereocenters. The maximum absolute atomic E-state index is 12.4. The fraction of sp³-hybridized carbons (Fsp3) is 0.111. The topological polar surface area (TPSA) is 59.4 Å². The minimum atomic E-state index is -0.964. The highest BCUT2D eigenvalue weighted by Crippen LogP contribution is 2.42. The summed E-state index contributed by atoms with van der Waals surface area (Å²) in [5, 5.41) is 12.1. The van der Waals surface area contributed by atoms with Crippen LogP contribution < -0.4 is 4.74 Å². The molecule has 0 fully saturated rings. The van der Waals surface area contributed by atoms with Gasteiger partial charge in [-0.3, -0.25) is 9.78 Å². The van der Waals surface area contributed by atoms with E-state index in [1.807, 2.05) is 6.07 Å². The highest BCUT2D eigenvalue weighted by molar-refractivity contribution is 6.31. The van der Waals surface area contributed by atoms with E-state index in [-0.39, 0.29) is 0 Å². The molecule has 2 unspecified atom stereocenters. The summed E-state index contributed by atoms with van der Waals surface area (Å²) in [6, 6.07) is 14.0. The molecule has 114 valence electrons. The van der Waals surface area contributed by atoms with Crippen molar-refractivity contribution in [2.75, 3.05) is 0 Å². The molecule has 1 aromatic heterocycles. The number of carbonyl (C=O) groups is 1. The van der Waals surface area contributed by atoms with Crippen molar-refractivity contribution < 1.29 is 14.6 Å². The number of halogens is 1. The van der Waals surface area contributed by atoms with E-state index in [0.29, 0.717) is 27.4 Å². The number of aliphatic hydroxyl groups excluding tert-OH is 1. The Morgan fingerprint density at radius 1 is 1.09 bits per heavy atom. The van der Waals surface area contributed by atoms with Crippen LogP contribution in [0.2, 0.25) is 5.02 Å². The van der Waals surface area contributed by atoms with Gasteiger partial charge in [0.05, 0.1) is 5.52 Å². The zero-order valence-corrected chi connectivity index (χ0v) is 12.7. The fourth-order valence-electron chi connectivity index (χ4n) is 3.01. The molecule has 5 heteroatoms. The molecule has 4 nitrogen and oxygen atoms in total. The molecule has 1 N–H and O–H groups in total. The summed E-state index contributed by atoms with van der Waals surface area (Å²) in [6.07, 6.45) is 0.642. The van der Waals surface area contributed by atoms with Crippen LogP contribution in [0.4, 0.5) is 0 Å². The molecule has 0 saturated heterocycles. The van der Waals surface area contributed by atoms with E-state index in [4.69, 9.17) is 16.3 Å². The van der Waals surface area contributed by atoms with Crippen molar-refractivity contribution in [2.45, 2.75) is 12.0 Å². The Balaban J connectivity index is 1.90. The molecule has 1 aliphatic rings. The standard InChI is InChI=1S/C18H12ClNO3/c19-10-5-6-11-12(7-8-20-14(11)9-10)16-17(21)13-3-1-2-4-15(13)23-18(16)22/h1-9,16-17,21H. The smallest absolute Gasteiger partial charge is 0.321 e. The Hall–Kier alpha value is -2.43. The third-order valence-electron chi connectivity index (χ3n) is 4.09. The van der Waals surface area contributed by atoms with Crippen molar-refractivity contribution in [3.8, 4) is 5.75 Å². The number of pyridine rings is 1. The van der Waals surface area contributed by atoms with Crippen LogP contribution in [0.25, 0.3) is 10.9 Å². The molecule has 1 aliphatic heterocycles. The number of nitrogens with zero attached hydrogens (tertiary/aromatic N) is 1. The van der Waals surface area contributed by atoms with Crippen molar-refractivity contribution in [3.63, 3.8) is 0 Å². The number of ether oxygens (including phenoxy) is 1. The van der Waals surface area contributed by atoms with Gasteiger partial charge in [-0.1, -0.05) is 35.9 Å². The van der Waals surface area contributed by atoms with E-state index in [1.165, 1.54) is 0 Å². The van der Waals surface area contributed by atoms with Gasteiger partial charge in [-0.2, -0.15) is 0 Å². The summed E-state index contributed by atoms with van der Waals surface area (Å²) in [5.74, 6) is -0.863. The lowest BCUT2D eigenvalue weighted by Gasteiger charge is -2.29. The van der Waals surface area contributed by atoms with Crippen LogP contribution in [0.3, 0.4) is 0 Å². The highest BCUT2D eigenvalue weighted by atomic mass is 35.5. The van der Waals surface area contributed by atoms with Crippen LogP contribution in [-0.2, 0) is 4.79 Å². The second kappa shape index (κ2) is 5.33. The van der Waals surface area contributed by atoms with Crippen LogP contribution in [0, 0.1) is 0 Å². The molecule has 0 saturated carbocycles. The quantitative estimate of drug-likeness (QED) is 0.548. The average Bonchev–Trinajstić information content (AvgIpc) is 2.54. The van der Waals surface area contributed by atoms with Crippen molar-refractivity contribution >= 4 is 28.5 Å². The molecule has 0 radical (unpaired) electrons. The number of hydrogen-bond donors (Lipinski definition) is 1. The number of para-hydroxylation sites is 1. The van der Waals surface area contributed by atoms with Crippen LogP contribution in [0.5, 0.6) is 5.75 Å². The lowest BCUT2D eigenvalue weighted by atomic mass is 9.85. The minimum absolute atomic E-state index is 0.405. The summed E-state index contributed by atoms with van der Waals surface area (Å²) < 4.78 is 5.40. The van der Waals surface area contributed by atoms with Gasteiger partial charge in [0.15, 0.2) is 0 Å². The second-order valence-corrected chi connectivity index (χ2v) is 5.88. The molecule has 2 heterocycles. The summed E-state index contributed by atoms with van der Waals surface area (Å²) in [5.41, 5.74) is 1.96. The van der Waals surface area contributed by atoms with Gasteiger partial charge < -0.3 is 9.84 Å². The van der Waals surface area contributed by atoms with Gasteiger partial charge in [-0.15, -0.1) is 0 Å². The Bertz CT molecular complexity index is 925. The van der Waals surface area contributed by atoms with Gasteiger partial charge in [0, 0.05) is 22.2 Å². The minimum Gasteiger partial charge on any atom is -0.426 e. The molecule has 23 heavy (non-hydrogen) atoms. The normalized spacial score (nSPS) is 20.2. The van der Waals surface area contributed by atoms with Crippen molar-refractivity contribution in [1.29, 1.82) is 0 Å². The molecule has 0 aliphatic carbocycles. The number of carbonyl (C=O) groups excluding carboxylic acids is 1. The van der Waals surface area contributed by atoms with Gasteiger partial charge >= 0.3 is 5.97 Å². The summed E-state index contributed by atoms with van der Waals surface area (Å²) >= 11 is 6.00. The number of esters is 1. The molecule has 4 rings (SSSR count). The largest absolute Gasteiger partial charge is 0.426 e. The zero-order valence-electron chi connectivity index (χ0n) is 11.9. The summed E-state index contributed by atoms with van der Waals surface area (Å²) in [7, 11) is 0. The number of aromatic nitrogens is 1. The van der Waals surface area contributed by atoms with Gasteiger partial charge in [0.2, 0.25) is 0 Å². The van der Waals surface area contributed by atoms with Crippen LogP contribution in [0.1, 0.15) is 23.1 Å². The maximum atomic E-state index is 12.4. The van der Waals surface area contributed by atoms with Gasteiger partial charge in [-0.25, -0.2) is 0 Å². The highest BCUT2D eigenvalue weighted by Gasteiger charge is 2.38. The third-order valence-corrected chi connectivity index (χ3v) is 4.33. The van der Waals surface area contributed by atoms with Crippen molar-refractivity contribution in [3.05, 3.63) is 70.9 Å². The first-order valence-electron chi connectivity index (χ1n) is 7.18. The number of aliphatic hydroxyl groups is 1. The molecule has 0 bridgehead atoms. The predicted octanol–water partition coefficient (Wildman–Crippen LogP) is 3.62. The zero-order chi connectivity index (χ0) is 16.0. The Morgan fingerprint density at radius 2 is 1.91 bits per heavy atom. The van der Waals surface area contributed by atoms with Crippen LogP contribution >= 0.6 is 11.6 Å². The first-order chi connectivity index (χ1) is 11.1. The average molecular weight is 326 g/mol. The van der Waals surface area contributed by atoms with Gasteiger partial charge in [0.25, 0.3) is 0 Å². The van der Waals surface area contributed by atoms with Gasteiger partial charge in [0.1, 0.15) is 17.8 Å². The lowest BCUT2D eigenvalue weighted by Crippen LogP contribution is -2.30. The summed E-state index contributed by atoms with van der Waals surface area (Å²) in [4.78, 5) is 16.7. The van der Waals surface area contributed by atoms with E-state index >= 15 is 0 Å². The van der Waals surface area contributed by atoms with Crippen LogP contribution in [-0.4, -0.2) is 16.1 Å². The molecular weight excluding hydrogens is 314 g/mol. The fourth-order valence-corrected chi connectivity index (χ4v) is 3.18. The Kier molecular flexibility index (Phi) is 3.29. The first-order valence-corrected chi connectivity index (χ1v) is 7.56. The van der Waals surface area contributed by atoms with E-state index in [9.17, 15) is 9.90 Å². The van der Waals surface area contributed by atoms with E-state index < -0.39 is 18.0 Å². The SMILES string of the molecule is O=C1Oc2ccccc2C(O)C1c1ccnc2cc(Cl)ccc12. The lowest BCUT2D eigenvalue weighted by molar-refractivity contribution is -0.141. The maximum Gasteiger partial charge on any atom is 0.321 e. The second-order valence-electron chi connectivity index (χ2n) is 5.44. The Labute approximate surface area is 137 Å². The van der Waals surface area contributed by atoms with Gasteiger partial charge in [-0.05, 0) is 29.8 Å². The number of hydrogen-bond acceptors (Lipinski definition) is 4. The molecule has 0 spiro atoms. The monoisotopic (exact) mass is 325 g/mol. The third kappa shape index (κ3) is 2.27. The van der Waals surface area contributed by atoms with Crippen molar-refractivity contribution in [2.24, 2.45) is 0 Å². The summed E-state index contributed by atoms with van der Waals surface area (Å²) in [6.45, 7) is 0. The Morgan fingerprint density at radius 3 is 2.78 bits per heavy atom.